The Kier molecular flexibility index (Phi) is 10.1. The lowest BCUT2D eigenvalue weighted by atomic mass is 10.0. The van der Waals surface area contributed by atoms with Gasteiger partial charge in [0.2, 0.25) is 0 Å². The van der Waals surface area contributed by atoms with Crippen molar-refractivity contribution in [2.75, 3.05) is 0 Å². The summed E-state index contributed by atoms with van der Waals surface area (Å²) in [6.45, 7) is 17.5. The van der Waals surface area contributed by atoms with Crippen molar-refractivity contribution in [2.45, 2.75) is 55.4 Å². The molecule has 2 aromatic heterocycles. The highest BCUT2D eigenvalue weighted by Gasteiger charge is 1.96. The summed E-state index contributed by atoms with van der Waals surface area (Å²) in [5.41, 5.74) is 1.98. The van der Waals surface area contributed by atoms with Gasteiger partial charge >= 0.3 is 5.63 Å². The summed E-state index contributed by atoms with van der Waals surface area (Å²) in [7, 11) is 0. The predicted octanol–water partition coefficient (Wildman–Crippen LogP) is 7.69. The molecule has 2 aromatic carbocycles. The fourth-order valence-electron chi connectivity index (χ4n) is 2.04. The quantitative estimate of drug-likeness (QED) is 0.265. The Balaban J connectivity index is 0.000000230. The molecule has 0 radical (unpaired) electrons. The summed E-state index contributed by atoms with van der Waals surface area (Å²) in [5.74, 6) is 0. The molecule has 0 aliphatic rings. The van der Waals surface area contributed by atoms with Gasteiger partial charge in [-0.25, -0.2) is 4.79 Å². The first-order chi connectivity index (χ1) is 14.7. The number of hydrogen-bond donors (Lipinski definition) is 0. The van der Waals surface area contributed by atoms with E-state index in [1.165, 1.54) is 18.4 Å². The van der Waals surface area contributed by atoms with E-state index in [2.05, 4.69) is 55.4 Å². The van der Waals surface area contributed by atoms with E-state index >= 15 is 0 Å². The molecule has 0 unspecified atom stereocenters. The van der Waals surface area contributed by atoms with Crippen molar-refractivity contribution >= 4 is 21.9 Å². The van der Waals surface area contributed by atoms with E-state index in [0.717, 1.165) is 5.39 Å². The smallest absolute Gasteiger partial charge is 0.336 e. The minimum atomic E-state index is -0.302. The third-order valence-corrected chi connectivity index (χ3v) is 3.10. The van der Waals surface area contributed by atoms with Crippen LogP contribution in [-0.2, 0) is 0 Å². The highest BCUT2D eigenvalue weighted by atomic mass is 16.4. The van der Waals surface area contributed by atoms with Gasteiger partial charge in [0.05, 0.1) is 11.6 Å². The Morgan fingerprint density at radius 3 is 1.66 bits per heavy atom. The number of benzene rings is 2. The van der Waals surface area contributed by atoms with Gasteiger partial charge in [-0.15, -0.1) is 0 Å². The fourth-order valence-corrected chi connectivity index (χ4v) is 2.04. The maximum Gasteiger partial charge on any atom is 0.336 e. The summed E-state index contributed by atoms with van der Waals surface area (Å²) < 4.78 is 10.00. The molecule has 0 saturated heterocycles. The topological polar surface area (TPSA) is 60.4 Å². The molecule has 4 nitrogen and oxygen atoms in total. The van der Waals surface area contributed by atoms with Crippen LogP contribution >= 0.6 is 0 Å². The molecule has 0 aliphatic heterocycles. The van der Waals surface area contributed by atoms with Gasteiger partial charge in [-0.1, -0.05) is 85.7 Å². The summed E-state index contributed by atoms with van der Waals surface area (Å²) >= 11 is 0. The Labute approximate surface area is 190 Å². The Bertz CT molecular complexity index is 1170. The molecule has 2 heterocycles. The maximum absolute atomic E-state index is 11.1. The maximum atomic E-state index is 11.1. The first-order valence-corrected chi connectivity index (χ1v) is 10.7. The molecule has 0 N–H and O–H groups in total. The lowest BCUT2D eigenvalue weighted by Gasteiger charge is -2.05. The van der Waals surface area contributed by atoms with Gasteiger partial charge in [0.15, 0.2) is 5.43 Å². The van der Waals surface area contributed by atoms with E-state index in [1.54, 1.807) is 24.3 Å². The highest BCUT2D eigenvalue weighted by Crippen LogP contribution is 2.10. The van der Waals surface area contributed by atoms with Crippen LogP contribution in [0.25, 0.3) is 21.9 Å². The molecule has 0 amide bonds. The second kappa shape index (κ2) is 12.0. The van der Waals surface area contributed by atoms with Crippen LogP contribution in [0, 0.1) is 10.8 Å². The van der Waals surface area contributed by atoms with Crippen LogP contribution in [0.4, 0.5) is 0 Å². The number of hydrogen-bond acceptors (Lipinski definition) is 4. The fraction of sp³-hybridized carbons (Fsp3) is 0.357. The zero-order valence-electron chi connectivity index (χ0n) is 20.6. The van der Waals surface area contributed by atoms with Gasteiger partial charge in [-0.3, -0.25) is 4.79 Å². The molecule has 4 aromatic rings. The lowest BCUT2D eigenvalue weighted by Crippen LogP contribution is -1.96. The van der Waals surface area contributed by atoms with Gasteiger partial charge < -0.3 is 8.83 Å². The second-order valence-electron chi connectivity index (χ2n) is 10.6. The monoisotopic (exact) mass is 436 g/mol. The van der Waals surface area contributed by atoms with Gasteiger partial charge in [0, 0.05) is 17.5 Å². The van der Waals surface area contributed by atoms with Crippen LogP contribution in [0.3, 0.4) is 0 Å². The minimum absolute atomic E-state index is 0.00634. The van der Waals surface area contributed by atoms with Crippen molar-refractivity contribution in [1.29, 1.82) is 0 Å². The third-order valence-electron chi connectivity index (χ3n) is 3.10. The zero-order valence-corrected chi connectivity index (χ0v) is 20.6. The molecule has 0 spiro atoms. The summed E-state index contributed by atoms with van der Waals surface area (Å²) in [6, 6.07) is 19.2. The van der Waals surface area contributed by atoms with Crippen LogP contribution < -0.4 is 11.1 Å². The highest BCUT2D eigenvalue weighted by molar-refractivity contribution is 5.76. The number of fused-ring (bicyclic) bond motifs is 2. The van der Waals surface area contributed by atoms with Crippen LogP contribution in [-0.4, -0.2) is 0 Å². The minimum Gasteiger partial charge on any atom is -0.464 e. The Hall–Kier alpha value is -3.14. The largest absolute Gasteiger partial charge is 0.464 e. The van der Waals surface area contributed by atoms with E-state index in [4.69, 9.17) is 8.83 Å². The van der Waals surface area contributed by atoms with Crippen LogP contribution in [0.1, 0.15) is 55.4 Å². The standard InChI is InChI=1S/2C9H6O2.2C5H12/c10-8-5-6-11-9-4-2-1-3-7(8)9;10-9-6-5-7-3-1-2-4-8(7)11-9;2*1-5(2,3)4/h2*1-6H;2*1-4H3. The van der Waals surface area contributed by atoms with E-state index in [0.29, 0.717) is 27.4 Å². The van der Waals surface area contributed by atoms with Gasteiger partial charge in [0.25, 0.3) is 0 Å². The first-order valence-electron chi connectivity index (χ1n) is 10.7. The van der Waals surface area contributed by atoms with E-state index in [-0.39, 0.29) is 11.1 Å². The van der Waals surface area contributed by atoms with Crippen LogP contribution in [0.15, 0.2) is 91.4 Å². The van der Waals surface area contributed by atoms with Crippen molar-refractivity contribution in [3.63, 3.8) is 0 Å². The Morgan fingerprint density at radius 1 is 0.594 bits per heavy atom. The molecule has 4 heteroatoms. The average molecular weight is 437 g/mol. The van der Waals surface area contributed by atoms with Crippen molar-refractivity contribution in [3.05, 3.63) is 93.6 Å². The molecule has 4 rings (SSSR count). The van der Waals surface area contributed by atoms with Crippen molar-refractivity contribution in [3.8, 4) is 0 Å². The van der Waals surface area contributed by atoms with Crippen molar-refractivity contribution in [1.82, 2.24) is 0 Å². The molecule has 32 heavy (non-hydrogen) atoms. The molecule has 172 valence electrons. The van der Waals surface area contributed by atoms with E-state index in [1.807, 2.05) is 30.3 Å². The molecule has 0 fully saturated rings. The SMILES string of the molecule is CC(C)(C)C.CC(C)(C)C.O=c1ccc2ccccc2o1.O=c1ccoc2ccccc12. The second-order valence-corrected chi connectivity index (χ2v) is 10.6. The van der Waals surface area contributed by atoms with Crippen LogP contribution in [0.2, 0.25) is 0 Å². The summed E-state index contributed by atoms with van der Waals surface area (Å²) in [6.07, 6.45) is 1.41. The Morgan fingerprint density at radius 2 is 1.09 bits per heavy atom. The molecular weight excluding hydrogens is 400 g/mol. The molecule has 0 atom stereocenters. The van der Waals surface area contributed by atoms with E-state index in [9.17, 15) is 9.59 Å². The summed E-state index contributed by atoms with van der Waals surface area (Å²) in [4.78, 5) is 21.8. The van der Waals surface area contributed by atoms with Gasteiger partial charge in [-0.05, 0) is 35.1 Å². The van der Waals surface area contributed by atoms with Crippen molar-refractivity contribution in [2.24, 2.45) is 10.8 Å². The zero-order chi connectivity index (χ0) is 24.4. The normalized spacial score (nSPS) is 10.8. The van der Waals surface area contributed by atoms with Crippen LogP contribution in [0.5, 0.6) is 0 Å². The average Bonchev–Trinajstić information content (AvgIpc) is 2.66. The van der Waals surface area contributed by atoms with E-state index < -0.39 is 0 Å². The predicted molar refractivity (Wildman–Crippen MR) is 135 cm³/mol. The molecule has 0 aliphatic carbocycles. The number of rotatable bonds is 0. The van der Waals surface area contributed by atoms with Gasteiger partial charge in [0.1, 0.15) is 11.2 Å². The molecular formula is C28H36O4. The van der Waals surface area contributed by atoms with Gasteiger partial charge in [-0.2, -0.15) is 0 Å². The first kappa shape index (κ1) is 26.9. The third kappa shape index (κ3) is 12.5. The lowest BCUT2D eigenvalue weighted by molar-refractivity contribution is 0.469. The molecule has 0 bridgehead atoms. The van der Waals surface area contributed by atoms with Crippen molar-refractivity contribution < 1.29 is 8.83 Å². The molecule has 0 saturated carbocycles. The number of para-hydroxylation sites is 2. The summed E-state index contributed by atoms with van der Waals surface area (Å²) in [5, 5.41) is 1.59.